The second-order valence-corrected chi connectivity index (χ2v) is 7.52. The first-order valence-electron chi connectivity index (χ1n) is 7.97. The molecule has 2 rings (SSSR count). The summed E-state index contributed by atoms with van der Waals surface area (Å²) < 4.78 is 15.8. The summed E-state index contributed by atoms with van der Waals surface area (Å²) in [4.78, 5) is 24.5. The van der Waals surface area contributed by atoms with Gasteiger partial charge in [0.25, 0.3) is 0 Å². The Balaban J connectivity index is 2.00. The molecule has 0 spiro atoms. The quantitative estimate of drug-likeness (QED) is 0.803. The number of alkyl carbamates (subject to hydrolysis) is 1. The zero-order valence-electron chi connectivity index (χ0n) is 14.9. The van der Waals surface area contributed by atoms with E-state index in [0.29, 0.717) is 23.6 Å². The number of amides is 2. The molecule has 2 N–H and O–H groups in total. The summed E-state index contributed by atoms with van der Waals surface area (Å²) in [6, 6.07) is 4.47. The maximum atomic E-state index is 12.6. The van der Waals surface area contributed by atoms with E-state index < -0.39 is 17.7 Å². The van der Waals surface area contributed by atoms with E-state index in [0.717, 1.165) is 5.75 Å². The summed E-state index contributed by atoms with van der Waals surface area (Å²) in [7, 11) is 0. The maximum Gasteiger partial charge on any atom is 0.408 e. The summed E-state index contributed by atoms with van der Waals surface area (Å²) in [5.41, 5.74) is -0.0449. The average molecular weight is 368 g/mol. The van der Waals surface area contributed by atoms with Gasteiger partial charge in [0, 0.05) is 11.8 Å². The summed E-state index contributed by atoms with van der Waals surface area (Å²) in [5.74, 6) is 1.65. The van der Waals surface area contributed by atoms with Crippen molar-refractivity contribution in [2.45, 2.75) is 38.8 Å². The number of carbonyl (C=O) groups excluding carboxylic acids is 2. The van der Waals surface area contributed by atoms with Crippen molar-refractivity contribution in [3.63, 3.8) is 0 Å². The first-order chi connectivity index (χ1) is 11.8. The highest BCUT2D eigenvalue weighted by atomic mass is 32.2. The molecule has 1 aliphatic rings. The molecule has 1 aliphatic heterocycles. The molecule has 0 aliphatic carbocycles. The summed E-state index contributed by atoms with van der Waals surface area (Å²) >= 11 is 1.60. The average Bonchev–Trinajstić information content (AvgIpc) is 2.97. The van der Waals surface area contributed by atoms with Crippen LogP contribution in [0.1, 0.15) is 27.2 Å². The van der Waals surface area contributed by atoms with Gasteiger partial charge in [-0.25, -0.2) is 4.79 Å². The Morgan fingerprint density at radius 2 is 2.00 bits per heavy atom. The number of hydrogen-bond acceptors (Lipinski definition) is 6. The van der Waals surface area contributed by atoms with Crippen molar-refractivity contribution in [2.24, 2.45) is 0 Å². The van der Waals surface area contributed by atoms with Crippen LogP contribution in [0.3, 0.4) is 0 Å². The predicted octanol–water partition coefficient (Wildman–Crippen LogP) is 3.00. The summed E-state index contributed by atoms with van der Waals surface area (Å²) in [6.45, 7) is 5.49. The van der Waals surface area contributed by atoms with Gasteiger partial charge in [-0.2, -0.15) is 11.8 Å². The van der Waals surface area contributed by atoms with Gasteiger partial charge in [-0.3, -0.25) is 4.79 Å². The van der Waals surface area contributed by atoms with E-state index in [1.165, 1.54) is 0 Å². The topological polar surface area (TPSA) is 85.9 Å². The van der Waals surface area contributed by atoms with Crippen LogP contribution in [0.5, 0.6) is 11.5 Å². The number of hydrogen-bond donors (Lipinski definition) is 2. The molecule has 1 heterocycles. The molecule has 1 atom stereocenters. The van der Waals surface area contributed by atoms with Gasteiger partial charge < -0.3 is 24.8 Å². The van der Waals surface area contributed by atoms with E-state index in [1.807, 2.05) is 6.26 Å². The molecule has 8 heteroatoms. The molecule has 0 fully saturated rings. The molecule has 0 radical (unpaired) electrons. The van der Waals surface area contributed by atoms with Gasteiger partial charge in [-0.05, 0) is 51.3 Å². The molecule has 0 saturated heterocycles. The van der Waals surface area contributed by atoms with E-state index in [4.69, 9.17) is 14.2 Å². The lowest BCUT2D eigenvalue weighted by molar-refractivity contribution is -0.118. The van der Waals surface area contributed by atoms with E-state index >= 15 is 0 Å². The Hall–Kier alpha value is -2.09. The standard InChI is InChI=1S/C17H24N2O5S/c1-17(2,3)24-16(21)19-12(7-8-25-4)15(20)18-11-5-6-13-14(9-11)23-10-22-13/h5-6,9,12H,7-8,10H2,1-4H3,(H,18,20)(H,19,21). The number of anilines is 1. The SMILES string of the molecule is CSCCC(NC(=O)OC(C)(C)C)C(=O)Nc1ccc2c(c1)OCO2. The van der Waals surface area contributed by atoms with Crippen molar-refractivity contribution in [3.8, 4) is 11.5 Å². The van der Waals surface area contributed by atoms with Crippen LogP contribution in [0.25, 0.3) is 0 Å². The van der Waals surface area contributed by atoms with Gasteiger partial charge in [0.2, 0.25) is 12.7 Å². The van der Waals surface area contributed by atoms with E-state index in [9.17, 15) is 9.59 Å². The van der Waals surface area contributed by atoms with Crippen LogP contribution in [-0.2, 0) is 9.53 Å². The molecule has 0 bridgehead atoms. The zero-order valence-corrected chi connectivity index (χ0v) is 15.7. The van der Waals surface area contributed by atoms with E-state index in [1.54, 1.807) is 50.7 Å². The number of nitrogens with one attached hydrogen (secondary N) is 2. The fraction of sp³-hybridized carbons (Fsp3) is 0.529. The van der Waals surface area contributed by atoms with Crippen molar-refractivity contribution < 1.29 is 23.8 Å². The highest BCUT2D eigenvalue weighted by Crippen LogP contribution is 2.34. The molecule has 25 heavy (non-hydrogen) atoms. The first-order valence-corrected chi connectivity index (χ1v) is 9.37. The normalized spacial score (nSPS) is 13.9. The van der Waals surface area contributed by atoms with Crippen LogP contribution in [0, 0.1) is 0 Å². The van der Waals surface area contributed by atoms with E-state index in [2.05, 4.69) is 10.6 Å². The fourth-order valence-electron chi connectivity index (χ4n) is 2.16. The Bertz CT molecular complexity index is 630. The van der Waals surface area contributed by atoms with Crippen molar-refractivity contribution in [1.82, 2.24) is 5.32 Å². The van der Waals surface area contributed by atoms with Gasteiger partial charge in [0.1, 0.15) is 11.6 Å². The van der Waals surface area contributed by atoms with Crippen molar-refractivity contribution >= 4 is 29.4 Å². The van der Waals surface area contributed by atoms with Crippen LogP contribution in [0.4, 0.5) is 10.5 Å². The lowest BCUT2D eigenvalue weighted by Gasteiger charge is -2.23. The Morgan fingerprint density at radius 1 is 1.28 bits per heavy atom. The van der Waals surface area contributed by atoms with Crippen LogP contribution in [0.2, 0.25) is 0 Å². The third-order valence-corrected chi connectivity index (χ3v) is 3.90. The minimum atomic E-state index is -0.687. The lowest BCUT2D eigenvalue weighted by Crippen LogP contribution is -2.46. The number of thioether (sulfide) groups is 1. The van der Waals surface area contributed by atoms with Gasteiger partial charge >= 0.3 is 6.09 Å². The minimum Gasteiger partial charge on any atom is -0.454 e. The first kappa shape index (κ1) is 19.2. The molecule has 0 saturated carbocycles. The molecular weight excluding hydrogens is 344 g/mol. The minimum absolute atomic E-state index is 0.170. The molecule has 0 aromatic heterocycles. The molecule has 1 aromatic rings. The Kier molecular flexibility index (Phi) is 6.41. The largest absolute Gasteiger partial charge is 0.454 e. The Labute approximate surface area is 151 Å². The zero-order chi connectivity index (χ0) is 18.4. The third-order valence-electron chi connectivity index (χ3n) is 3.26. The molecular formula is C17H24N2O5S. The predicted molar refractivity (Wildman–Crippen MR) is 97.4 cm³/mol. The van der Waals surface area contributed by atoms with Crippen molar-refractivity contribution in [2.75, 3.05) is 24.1 Å². The highest BCUT2D eigenvalue weighted by molar-refractivity contribution is 7.98. The molecule has 7 nitrogen and oxygen atoms in total. The van der Waals surface area contributed by atoms with Crippen LogP contribution < -0.4 is 20.1 Å². The van der Waals surface area contributed by atoms with Crippen molar-refractivity contribution in [1.29, 1.82) is 0 Å². The highest BCUT2D eigenvalue weighted by Gasteiger charge is 2.24. The van der Waals surface area contributed by atoms with Gasteiger partial charge in [0.15, 0.2) is 11.5 Å². The van der Waals surface area contributed by atoms with Crippen molar-refractivity contribution in [3.05, 3.63) is 18.2 Å². The molecule has 1 aromatic carbocycles. The second kappa shape index (κ2) is 8.33. The molecule has 2 amide bonds. The third kappa shape index (κ3) is 6.04. The number of benzene rings is 1. The van der Waals surface area contributed by atoms with Crippen LogP contribution in [-0.4, -0.2) is 42.4 Å². The van der Waals surface area contributed by atoms with E-state index in [-0.39, 0.29) is 12.7 Å². The molecule has 138 valence electrons. The van der Waals surface area contributed by atoms with Crippen LogP contribution in [0.15, 0.2) is 18.2 Å². The van der Waals surface area contributed by atoms with Crippen LogP contribution >= 0.6 is 11.8 Å². The molecule has 1 unspecified atom stereocenters. The summed E-state index contributed by atoms with van der Waals surface area (Å²) in [5, 5.41) is 5.43. The number of ether oxygens (including phenoxy) is 3. The summed E-state index contributed by atoms with van der Waals surface area (Å²) in [6.07, 6.45) is 1.83. The van der Waals surface area contributed by atoms with Gasteiger partial charge in [-0.15, -0.1) is 0 Å². The monoisotopic (exact) mass is 368 g/mol. The fourth-order valence-corrected chi connectivity index (χ4v) is 2.63. The smallest absolute Gasteiger partial charge is 0.408 e. The maximum absolute atomic E-state index is 12.6. The van der Waals surface area contributed by atoms with Gasteiger partial charge in [-0.1, -0.05) is 0 Å². The second-order valence-electron chi connectivity index (χ2n) is 6.54. The van der Waals surface area contributed by atoms with Gasteiger partial charge in [0.05, 0.1) is 0 Å². The number of carbonyl (C=O) groups is 2. The lowest BCUT2D eigenvalue weighted by atomic mass is 10.2. The number of fused-ring (bicyclic) bond motifs is 1. The number of rotatable bonds is 6. The Morgan fingerprint density at radius 3 is 2.68 bits per heavy atom.